The second-order valence-corrected chi connectivity index (χ2v) is 6.42. The molecule has 0 bridgehead atoms. The molecule has 1 aliphatic heterocycles. The Kier molecular flexibility index (Phi) is 3.50. The smallest absolute Gasteiger partial charge is 0.226 e. The Bertz CT molecular complexity index is 374. The molecule has 1 atom stereocenters. The largest absolute Gasteiger partial charge is 0.339 e. The van der Waals surface area contributed by atoms with Crippen molar-refractivity contribution in [3.05, 3.63) is 0 Å². The Morgan fingerprint density at radius 2 is 1.47 bits per heavy atom. The molecule has 2 aliphatic carbocycles. The molecule has 1 saturated heterocycles. The van der Waals surface area contributed by atoms with Crippen LogP contribution in [0, 0.1) is 11.8 Å². The maximum absolute atomic E-state index is 12.3. The monoisotopic (exact) mass is 264 g/mol. The van der Waals surface area contributed by atoms with Gasteiger partial charge in [0.05, 0.1) is 0 Å². The molecule has 3 aliphatic rings. The van der Waals surface area contributed by atoms with Gasteiger partial charge in [0.2, 0.25) is 11.8 Å². The lowest BCUT2D eigenvalue weighted by molar-refractivity contribution is -0.149. The fourth-order valence-corrected chi connectivity index (χ4v) is 3.29. The van der Waals surface area contributed by atoms with Crippen molar-refractivity contribution >= 4 is 11.8 Å². The van der Waals surface area contributed by atoms with Gasteiger partial charge in [-0.15, -0.1) is 0 Å². The van der Waals surface area contributed by atoms with E-state index in [0.717, 1.165) is 45.3 Å². The Hall–Kier alpha value is -1.06. The molecule has 2 amide bonds. The van der Waals surface area contributed by atoms with Crippen molar-refractivity contribution in [2.24, 2.45) is 11.8 Å². The summed E-state index contributed by atoms with van der Waals surface area (Å²) in [5, 5.41) is 0. The molecule has 0 N–H and O–H groups in total. The van der Waals surface area contributed by atoms with E-state index >= 15 is 0 Å². The van der Waals surface area contributed by atoms with Gasteiger partial charge >= 0.3 is 0 Å². The highest BCUT2D eigenvalue weighted by Gasteiger charge is 2.37. The number of carbonyl (C=O) groups excluding carboxylic acids is 2. The highest BCUT2D eigenvalue weighted by atomic mass is 16.2. The van der Waals surface area contributed by atoms with E-state index in [4.69, 9.17) is 0 Å². The van der Waals surface area contributed by atoms with Crippen molar-refractivity contribution in [2.45, 2.75) is 51.5 Å². The summed E-state index contributed by atoms with van der Waals surface area (Å²) in [6, 6.07) is 0.186. The highest BCUT2D eigenvalue weighted by Crippen LogP contribution is 2.31. The van der Waals surface area contributed by atoms with Crippen molar-refractivity contribution in [1.29, 1.82) is 0 Å². The molecule has 3 fully saturated rings. The maximum atomic E-state index is 12.3. The van der Waals surface area contributed by atoms with Gasteiger partial charge in [-0.2, -0.15) is 0 Å². The fourth-order valence-electron chi connectivity index (χ4n) is 3.29. The summed E-state index contributed by atoms with van der Waals surface area (Å²) >= 11 is 0. The normalized spacial score (nSPS) is 28.8. The number of carbonyl (C=O) groups is 2. The first-order valence-corrected chi connectivity index (χ1v) is 7.76. The molecule has 106 valence electrons. The van der Waals surface area contributed by atoms with Gasteiger partial charge in [-0.25, -0.2) is 0 Å². The minimum Gasteiger partial charge on any atom is -0.339 e. The van der Waals surface area contributed by atoms with Gasteiger partial charge in [0.15, 0.2) is 0 Å². The van der Waals surface area contributed by atoms with Crippen molar-refractivity contribution in [3.63, 3.8) is 0 Å². The predicted molar refractivity (Wildman–Crippen MR) is 72.4 cm³/mol. The minimum atomic E-state index is 0.186. The van der Waals surface area contributed by atoms with Crippen LogP contribution in [0.5, 0.6) is 0 Å². The van der Waals surface area contributed by atoms with Crippen LogP contribution in [0.3, 0.4) is 0 Å². The van der Waals surface area contributed by atoms with Crippen LogP contribution < -0.4 is 0 Å². The van der Waals surface area contributed by atoms with Crippen LogP contribution in [0.1, 0.15) is 45.4 Å². The summed E-state index contributed by atoms with van der Waals surface area (Å²) in [5.41, 5.74) is 0. The Morgan fingerprint density at radius 1 is 0.895 bits per heavy atom. The van der Waals surface area contributed by atoms with E-state index in [1.807, 2.05) is 9.80 Å². The molecule has 3 rings (SSSR count). The van der Waals surface area contributed by atoms with Crippen LogP contribution in [0.25, 0.3) is 0 Å². The lowest BCUT2D eigenvalue weighted by Crippen LogP contribution is -2.58. The van der Waals surface area contributed by atoms with Gasteiger partial charge in [-0.1, -0.05) is 12.8 Å². The minimum absolute atomic E-state index is 0.186. The van der Waals surface area contributed by atoms with Gasteiger partial charge < -0.3 is 9.80 Å². The van der Waals surface area contributed by atoms with Crippen LogP contribution in [0.15, 0.2) is 0 Å². The predicted octanol–water partition coefficient (Wildman–Crippen LogP) is 1.65. The van der Waals surface area contributed by atoms with Crippen LogP contribution in [0.4, 0.5) is 0 Å². The van der Waals surface area contributed by atoms with Crippen LogP contribution >= 0.6 is 0 Å². The lowest BCUT2D eigenvalue weighted by Gasteiger charge is -2.44. The van der Waals surface area contributed by atoms with E-state index in [1.165, 1.54) is 12.8 Å². The molecule has 0 unspecified atom stereocenters. The van der Waals surface area contributed by atoms with E-state index in [1.54, 1.807) is 0 Å². The van der Waals surface area contributed by atoms with Crippen molar-refractivity contribution in [1.82, 2.24) is 9.80 Å². The molecule has 19 heavy (non-hydrogen) atoms. The Morgan fingerprint density at radius 3 is 1.95 bits per heavy atom. The van der Waals surface area contributed by atoms with Gasteiger partial charge in [-0.3, -0.25) is 9.59 Å². The molecule has 4 heteroatoms. The molecular weight excluding hydrogens is 240 g/mol. The topological polar surface area (TPSA) is 40.6 Å². The lowest BCUT2D eigenvalue weighted by atomic mass is 9.83. The van der Waals surface area contributed by atoms with E-state index in [-0.39, 0.29) is 17.9 Å². The molecular formula is C15H24N2O2. The number of nitrogens with zero attached hydrogens (tertiary/aromatic N) is 2. The van der Waals surface area contributed by atoms with Gasteiger partial charge in [0, 0.05) is 37.5 Å². The van der Waals surface area contributed by atoms with E-state index in [2.05, 4.69) is 6.92 Å². The SMILES string of the molecule is C[C@H]1CN(C(=O)C2CCC2)CCN1C(=O)C1CCC1. The van der Waals surface area contributed by atoms with Crippen molar-refractivity contribution in [2.75, 3.05) is 19.6 Å². The second-order valence-electron chi connectivity index (χ2n) is 6.42. The molecule has 0 aromatic carbocycles. The zero-order valence-electron chi connectivity index (χ0n) is 11.8. The first-order chi connectivity index (χ1) is 9.16. The number of rotatable bonds is 2. The third-order valence-electron chi connectivity index (χ3n) is 5.13. The summed E-state index contributed by atoms with van der Waals surface area (Å²) in [6.07, 6.45) is 6.65. The second kappa shape index (κ2) is 5.14. The zero-order chi connectivity index (χ0) is 13.4. The average Bonchev–Trinajstić information content (AvgIpc) is 2.23. The molecule has 0 radical (unpaired) electrons. The molecule has 2 saturated carbocycles. The summed E-state index contributed by atoms with van der Waals surface area (Å²) in [7, 11) is 0. The van der Waals surface area contributed by atoms with Crippen molar-refractivity contribution in [3.8, 4) is 0 Å². The van der Waals surface area contributed by atoms with Crippen molar-refractivity contribution < 1.29 is 9.59 Å². The maximum Gasteiger partial charge on any atom is 0.226 e. The first kappa shape index (κ1) is 12.9. The molecule has 0 aromatic heterocycles. The van der Waals surface area contributed by atoms with E-state index in [0.29, 0.717) is 11.8 Å². The van der Waals surface area contributed by atoms with Crippen LogP contribution in [-0.4, -0.2) is 47.3 Å². The van der Waals surface area contributed by atoms with E-state index in [9.17, 15) is 9.59 Å². The molecule has 0 spiro atoms. The first-order valence-electron chi connectivity index (χ1n) is 7.76. The van der Waals surface area contributed by atoms with Gasteiger partial charge in [0.1, 0.15) is 0 Å². The number of hydrogen-bond acceptors (Lipinski definition) is 2. The summed E-state index contributed by atoms with van der Waals surface area (Å²) in [6.45, 7) is 4.28. The summed E-state index contributed by atoms with van der Waals surface area (Å²) in [4.78, 5) is 28.5. The molecule has 4 nitrogen and oxygen atoms in total. The molecule has 0 aromatic rings. The molecule has 1 heterocycles. The van der Waals surface area contributed by atoms with Gasteiger partial charge in [0.25, 0.3) is 0 Å². The fraction of sp³-hybridized carbons (Fsp3) is 0.867. The average molecular weight is 264 g/mol. The quantitative estimate of drug-likeness (QED) is 0.761. The highest BCUT2D eigenvalue weighted by molar-refractivity contribution is 5.82. The van der Waals surface area contributed by atoms with Crippen LogP contribution in [-0.2, 0) is 9.59 Å². The summed E-state index contributed by atoms with van der Waals surface area (Å²) < 4.78 is 0. The third kappa shape index (κ3) is 2.37. The standard InChI is InChI=1S/C15H24N2O2/c1-11-10-16(14(18)12-4-2-5-12)8-9-17(11)15(19)13-6-3-7-13/h11-13H,2-10H2,1H3/t11-/m0/s1. The third-order valence-corrected chi connectivity index (χ3v) is 5.13. The number of piperazine rings is 1. The van der Waals surface area contributed by atoms with Gasteiger partial charge in [-0.05, 0) is 32.6 Å². The Balaban J connectivity index is 1.55. The van der Waals surface area contributed by atoms with E-state index < -0.39 is 0 Å². The summed E-state index contributed by atoms with van der Waals surface area (Å²) in [5.74, 6) is 1.21. The Labute approximate surface area is 115 Å². The zero-order valence-corrected chi connectivity index (χ0v) is 11.8. The van der Waals surface area contributed by atoms with Crippen LogP contribution in [0.2, 0.25) is 0 Å². The number of hydrogen-bond donors (Lipinski definition) is 0. The number of amides is 2.